The third-order valence-corrected chi connectivity index (χ3v) is 10.7. The van der Waals surface area contributed by atoms with E-state index in [1.54, 1.807) is 14.2 Å². The molecule has 0 N–H and O–H groups in total. The molecule has 36 heavy (non-hydrogen) atoms. The average Bonchev–Trinajstić information content (AvgIpc) is 3.67. The molecule has 5 heteroatoms. The Bertz CT molecular complexity index is 1300. The van der Waals surface area contributed by atoms with Crippen molar-refractivity contribution in [2.24, 2.45) is 17.3 Å². The first-order valence-corrected chi connectivity index (χ1v) is 13.5. The minimum atomic E-state index is -0.809. The number of carbonyl (C=O) groups is 1. The van der Waals surface area contributed by atoms with Gasteiger partial charge in [0.2, 0.25) is 0 Å². The predicted molar refractivity (Wildman–Crippen MR) is 136 cm³/mol. The van der Waals surface area contributed by atoms with Gasteiger partial charge in [0.1, 0.15) is 11.7 Å². The Morgan fingerprint density at radius 3 is 2.69 bits per heavy atom. The summed E-state index contributed by atoms with van der Waals surface area (Å²) in [6.07, 6.45) is 9.96. The van der Waals surface area contributed by atoms with Gasteiger partial charge in [0.05, 0.1) is 18.4 Å². The number of hydrogen-bond acceptors (Lipinski definition) is 5. The number of likely N-dealkylation sites (tertiary alicyclic amines) is 1. The van der Waals surface area contributed by atoms with Crippen molar-refractivity contribution in [3.63, 3.8) is 0 Å². The van der Waals surface area contributed by atoms with E-state index >= 15 is 0 Å². The lowest BCUT2D eigenvalue weighted by atomic mass is 9.36. The number of ketones is 1. The Morgan fingerprint density at radius 2 is 1.94 bits per heavy atom. The van der Waals surface area contributed by atoms with E-state index in [0.717, 1.165) is 48.8 Å². The van der Waals surface area contributed by atoms with Gasteiger partial charge in [-0.05, 0) is 56.2 Å². The smallest absolute Gasteiger partial charge is 0.169 e. The first-order chi connectivity index (χ1) is 17.6. The molecule has 186 valence electrons. The summed E-state index contributed by atoms with van der Waals surface area (Å²) >= 11 is 0. The molecule has 5 aliphatic carbocycles. The van der Waals surface area contributed by atoms with Crippen molar-refractivity contribution in [3.8, 4) is 11.5 Å². The SMILES string of the molecule is COc1ccc2c3c1O[C@H]1[C@@]4(OC)C=C[C@@]5(C[C@@H]4C(=O)c4ccccc4)[C@@H](C2)N(CC2CC2)CC[C@]315. The number of nitrogens with zero attached hydrogens (tertiary/aromatic N) is 1. The molecular weight excluding hydrogens is 450 g/mol. The number of methoxy groups -OCH3 is 2. The van der Waals surface area contributed by atoms with Crippen LogP contribution in [0.25, 0.3) is 0 Å². The van der Waals surface area contributed by atoms with Crippen LogP contribution >= 0.6 is 0 Å². The fourth-order valence-electron chi connectivity index (χ4n) is 9.03. The minimum absolute atomic E-state index is 0.162. The van der Waals surface area contributed by atoms with Crippen LogP contribution in [0.15, 0.2) is 54.6 Å². The maximum Gasteiger partial charge on any atom is 0.169 e. The lowest BCUT2D eigenvalue weighted by Gasteiger charge is -2.71. The van der Waals surface area contributed by atoms with Crippen LogP contribution in [-0.2, 0) is 16.6 Å². The van der Waals surface area contributed by atoms with Gasteiger partial charge >= 0.3 is 0 Å². The zero-order valence-corrected chi connectivity index (χ0v) is 21.0. The second kappa shape index (κ2) is 7.02. The van der Waals surface area contributed by atoms with Crippen molar-refractivity contribution in [1.82, 2.24) is 4.90 Å². The molecule has 1 saturated heterocycles. The highest BCUT2D eigenvalue weighted by atomic mass is 16.6. The minimum Gasteiger partial charge on any atom is -0.493 e. The van der Waals surface area contributed by atoms with E-state index in [0.29, 0.717) is 6.04 Å². The highest BCUT2D eigenvalue weighted by Crippen LogP contribution is 2.75. The second-order valence-electron chi connectivity index (χ2n) is 11.9. The molecule has 4 bridgehead atoms. The Hall–Kier alpha value is -2.63. The van der Waals surface area contributed by atoms with E-state index < -0.39 is 5.60 Å². The van der Waals surface area contributed by atoms with Gasteiger partial charge in [0.25, 0.3) is 0 Å². The van der Waals surface area contributed by atoms with E-state index in [1.807, 2.05) is 30.3 Å². The van der Waals surface area contributed by atoms with Crippen molar-refractivity contribution >= 4 is 5.78 Å². The maximum absolute atomic E-state index is 14.2. The number of benzene rings is 2. The molecule has 0 radical (unpaired) electrons. The Balaban J connectivity index is 1.36. The van der Waals surface area contributed by atoms with E-state index in [9.17, 15) is 4.79 Å². The Kier molecular flexibility index (Phi) is 4.18. The van der Waals surface area contributed by atoms with Gasteiger partial charge in [-0.25, -0.2) is 0 Å². The molecular formula is C31H33NO4. The van der Waals surface area contributed by atoms with E-state index in [2.05, 4.69) is 29.2 Å². The third-order valence-electron chi connectivity index (χ3n) is 10.7. The molecule has 2 spiro atoms. The molecule has 6 atom stereocenters. The van der Waals surface area contributed by atoms with Crippen LogP contribution in [0.2, 0.25) is 0 Å². The van der Waals surface area contributed by atoms with E-state index in [1.165, 1.54) is 30.5 Å². The molecule has 2 aliphatic heterocycles. The molecule has 2 aromatic carbocycles. The summed E-state index contributed by atoms with van der Waals surface area (Å²) < 4.78 is 19.3. The molecule has 5 nitrogen and oxygen atoms in total. The summed E-state index contributed by atoms with van der Waals surface area (Å²) in [6.45, 7) is 2.25. The average molecular weight is 484 g/mol. The highest BCUT2D eigenvalue weighted by Gasteiger charge is 2.80. The monoisotopic (exact) mass is 483 g/mol. The van der Waals surface area contributed by atoms with Crippen molar-refractivity contribution in [2.75, 3.05) is 27.3 Å². The van der Waals surface area contributed by atoms with Crippen LogP contribution in [0.4, 0.5) is 0 Å². The van der Waals surface area contributed by atoms with Gasteiger partial charge in [-0.2, -0.15) is 0 Å². The number of ether oxygens (including phenoxy) is 3. The van der Waals surface area contributed by atoms with Crippen molar-refractivity contribution in [1.29, 1.82) is 0 Å². The van der Waals surface area contributed by atoms with Crippen molar-refractivity contribution < 1.29 is 19.0 Å². The first kappa shape index (κ1) is 21.5. The van der Waals surface area contributed by atoms with E-state index in [-0.39, 0.29) is 28.6 Å². The fraction of sp³-hybridized carbons (Fsp3) is 0.516. The first-order valence-electron chi connectivity index (χ1n) is 13.5. The normalized spacial score (nSPS) is 39.0. The molecule has 0 amide bonds. The molecule has 2 heterocycles. The van der Waals surface area contributed by atoms with Gasteiger partial charge in [-0.1, -0.05) is 48.6 Å². The van der Waals surface area contributed by atoms with Crippen LogP contribution < -0.4 is 9.47 Å². The van der Waals surface area contributed by atoms with Crippen molar-refractivity contribution in [3.05, 3.63) is 71.3 Å². The molecule has 9 rings (SSSR count). The third kappa shape index (κ3) is 2.33. The molecule has 0 unspecified atom stereocenters. The fourth-order valence-corrected chi connectivity index (χ4v) is 9.03. The van der Waals surface area contributed by atoms with Crippen LogP contribution in [0.1, 0.15) is 47.2 Å². The maximum atomic E-state index is 14.2. The molecule has 7 aliphatic rings. The van der Waals surface area contributed by atoms with Crippen molar-refractivity contribution in [2.45, 2.75) is 55.3 Å². The number of Topliss-reactive ketones (excluding diaryl/α,β-unsaturated/α-hetero) is 1. The summed E-state index contributed by atoms with van der Waals surface area (Å²) in [5.41, 5.74) is 2.32. The molecule has 0 aromatic heterocycles. The number of rotatable bonds is 6. The summed E-state index contributed by atoms with van der Waals surface area (Å²) in [5.74, 6) is 2.38. The largest absolute Gasteiger partial charge is 0.493 e. The summed E-state index contributed by atoms with van der Waals surface area (Å²) in [5, 5.41) is 0. The zero-order chi connectivity index (χ0) is 24.3. The Labute approximate surface area is 212 Å². The topological polar surface area (TPSA) is 48.0 Å². The van der Waals surface area contributed by atoms with Crippen LogP contribution in [0.5, 0.6) is 11.5 Å². The molecule has 2 aromatic rings. The summed E-state index contributed by atoms with van der Waals surface area (Å²) in [7, 11) is 3.49. The number of fused-ring (bicyclic) bond motifs is 1. The lowest BCUT2D eigenvalue weighted by molar-refractivity contribution is -0.206. The summed E-state index contributed by atoms with van der Waals surface area (Å²) in [4.78, 5) is 17.0. The quantitative estimate of drug-likeness (QED) is 0.445. The molecule has 3 fully saturated rings. The van der Waals surface area contributed by atoms with Crippen LogP contribution in [0.3, 0.4) is 0 Å². The summed E-state index contributed by atoms with van der Waals surface area (Å²) in [6, 6.07) is 14.5. The Morgan fingerprint density at radius 1 is 1.11 bits per heavy atom. The highest BCUT2D eigenvalue weighted by molar-refractivity contribution is 5.99. The zero-order valence-electron chi connectivity index (χ0n) is 21.0. The van der Waals surface area contributed by atoms with Gasteiger partial charge < -0.3 is 14.2 Å². The molecule has 2 saturated carbocycles. The predicted octanol–water partition coefficient (Wildman–Crippen LogP) is 4.58. The van der Waals surface area contributed by atoms with Gasteiger partial charge in [-0.3, -0.25) is 9.69 Å². The van der Waals surface area contributed by atoms with Crippen LogP contribution in [0, 0.1) is 17.3 Å². The lowest BCUT2D eigenvalue weighted by Crippen LogP contribution is -2.79. The number of hydrogen-bond donors (Lipinski definition) is 0. The van der Waals surface area contributed by atoms with Gasteiger partial charge in [0, 0.05) is 36.2 Å². The van der Waals surface area contributed by atoms with Gasteiger partial charge in [-0.15, -0.1) is 0 Å². The van der Waals surface area contributed by atoms with Crippen LogP contribution in [-0.4, -0.2) is 55.7 Å². The van der Waals surface area contributed by atoms with E-state index in [4.69, 9.17) is 14.2 Å². The standard InChI is InChI=1S/C31H33NO4/c1-34-23-11-10-21-16-24-29-12-13-31(35-2,22(17-29)26(33)20-6-4-3-5-7-20)28-30(29,25(21)27(23)36-28)14-15-32(24)18-19-8-9-19/h3-7,10-13,19,22,24,28H,8-9,14-18H2,1-2H3/t22-,24-,28-,29-,30+,31-/m1/s1. The second-order valence-corrected chi connectivity index (χ2v) is 11.9. The number of piperidine rings is 1. The number of carbonyl (C=O) groups excluding carboxylic acids is 1. The van der Waals surface area contributed by atoms with Gasteiger partial charge in [0.15, 0.2) is 17.3 Å².